The summed E-state index contributed by atoms with van der Waals surface area (Å²) in [6, 6.07) is 3.04. The number of alkyl halides is 3. The average Bonchev–Trinajstić information content (AvgIpc) is 2.28. The van der Waals surface area contributed by atoms with E-state index in [1.54, 1.807) is 12.2 Å². The Hall–Kier alpha value is -1.79. The van der Waals surface area contributed by atoms with Gasteiger partial charge in [0.2, 0.25) is 5.91 Å². The first-order chi connectivity index (χ1) is 8.69. The van der Waals surface area contributed by atoms with Crippen LogP contribution in [0.15, 0.2) is 18.2 Å². The van der Waals surface area contributed by atoms with Crippen LogP contribution in [0.25, 0.3) is 0 Å². The van der Waals surface area contributed by atoms with Crippen molar-refractivity contribution in [2.75, 3.05) is 11.9 Å². The number of hydrogen-bond donors (Lipinski definition) is 2. The maximum absolute atomic E-state index is 12.9. The Bertz CT molecular complexity index is 460. The van der Waals surface area contributed by atoms with Crippen LogP contribution in [-0.2, 0) is 4.79 Å². The van der Waals surface area contributed by atoms with Crippen LogP contribution in [0.2, 0.25) is 0 Å². The lowest BCUT2D eigenvalue weighted by Gasteiger charge is -2.17. The molecule has 0 saturated heterocycles. The van der Waals surface area contributed by atoms with Gasteiger partial charge in [-0.1, -0.05) is 0 Å². The summed E-state index contributed by atoms with van der Waals surface area (Å²) in [5.74, 6) is -1.20. The molecule has 0 radical (unpaired) electrons. The van der Waals surface area contributed by atoms with Crippen LogP contribution in [0.1, 0.15) is 12.5 Å². The minimum atomic E-state index is -4.44. The number of hydrogen-bond acceptors (Lipinski definition) is 2. The molecule has 1 aromatic rings. The SMILES string of the molecule is Cc1cc(F)ccc1NC(C)C(=O)NCC(F)(F)F. The molecule has 19 heavy (non-hydrogen) atoms. The number of carbonyl (C=O) groups is 1. The lowest BCUT2D eigenvalue weighted by molar-refractivity contribution is -0.138. The second kappa shape index (κ2) is 5.90. The standard InChI is InChI=1S/C12H14F4N2O/c1-7-5-9(13)3-4-10(7)18-8(2)11(19)17-6-12(14,15)16/h3-5,8,18H,6H2,1-2H3,(H,17,19). The summed E-state index contributed by atoms with van der Waals surface area (Å²) in [7, 11) is 0. The number of rotatable bonds is 4. The quantitative estimate of drug-likeness (QED) is 0.831. The predicted octanol–water partition coefficient (Wildman–Crippen LogP) is 2.61. The number of aryl methyl sites for hydroxylation is 1. The fourth-order valence-corrected chi connectivity index (χ4v) is 1.43. The molecule has 2 N–H and O–H groups in total. The third-order valence-corrected chi connectivity index (χ3v) is 2.42. The molecule has 7 heteroatoms. The van der Waals surface area contributed by atoms with Crippen molar-refractivity contribution in [2.24, 2.45) is 0 Å². The van der Waals surface area contributed by atoms with E-state index in [0.29, 0.717) is 11.3 Å². The maximum atomic E-state index is 12.9. The predicted molar refractivity (Wildman–Crippen MR) is 63.3 cm³/mol. The second-order valence-corrected chi connectivity index (χ2v) is 4.16. The topological polar surface area (TPSA) is 41.1 Å². The van der Waals surface area contributed by atoms with Gasteiger partial charge in [-0.05, 0) is 37.6 Å². The average molecular weight is 278 g/mol. The number of benzene rings is 1. The number of nitrogens with one attached hydrogen (secondary N) is 2. The molecular formula is C12H14F4N2O. The second-order valence-electron chi connectivity index (χ2n) is 4.16. The van der Waals surface area contributed by atoms with Gasteiger partial charge < -0.3 is 10.6 Å². The molecule has 0 fully saturated rings. The van der Waals surface area contributed by atoms with Crippen molar-refractivity contribution < 1.29 is 22.4 Å². The molecule has 0 bridgehead atoms. The molecule has 1 atom stereocenters. The Morgan fingerprint density at radius 3 is 2.53 bits per heavy atom. The summed E-state index contributed by atoms with van der Waals surface area (Å²) in [5.41, 5.74) is 1.06. The molecule has 0 spiro atoms. The zero-order valence-electron chi connectivity index (χ0n) is 10.4. The highest BCUT2D eigenvalue weighted by Crippen LogP contribution is 2.17. The van der Waals surface area contributed by atoms with Crippen molar-refractivity contribution in [3.05, 3.63) is 29.6 Å². The Balaban J connectivity index is 2.59. The molecule has 1 amide bonds. The Morgan fingerprint density at radius 1 is 1.37 bits per heavy atom. The van der Waals surface area contributed by atoms with Crippen LogP contribution in [0.5, 0.6) is 0 Å². The molecule has 106 valence electrons. The number of anilines is 1. The third kappa shape index (κ3) is 5.15. The maximum Gasteiger partial charge on any atom is 0.405 e. The van der Waals surface area contributed by atoms with Crippen LogP contribution < -0.4 is 10.6 Å². The van der Waals surface area contributed by atoms with Gasteiger partial charge in [-0.3, -0.25) is 4.79 Å². The van der Waals surface area contributed by atoms with Gasteiger partial charge in [-0.25, -0.2) is 4.39 Å². The van der Waals surface area contributed by atoms with E-state index >= 15 is 0 Å². The Kier molecular flexibility index (Phi) is 4.74. The van der Waals surface area contributed by atoms with E-state index in [1.165, 1.54) is 25.1 Å². The van der Waals surface area contributed by atoms with Crippen LogP contribution in [0.3, 0.4) is 0 Å². The van der Waals surface area contributed by atoms with Crippen molar-refractivity contribution in [3.63, 3.8) is 0 Å². The normalized spacial score (nSPS) is 12.9. The highest BCUT2D eigenvalue weighted by atomic mass is 19.4. The van der Waals surface area contributed by atoms with Crippen LogP contribution >= 0.6 is 0 Å². The molecular weight excluding hydrogens is 264 g/mol. The molecule has 0 aromatic heterocycles. The van der Waals surface area contributed by atoms with Gasteiger partial charge in [-0.2, -0.15) is 13.2 Å². The summed E-state index contributed by atoms with van der Waals surface area (Å²) in [6.45, 7) is 1.68. The first-order valence-electron chi connectivity index (χ1n) is 5.56. The first kappa shape index (κ1) is 15.3. The van der Waals surface area contributed by atoms with E-state index in [2.05, 4.69) is 5.32 Å². The minimum absolute atomic E-state index is 0.419. The molecule has 0 aliphatic heterocycles. The molecule has 0 heterocycles. The zero-order valence-corrected chi connectivity index (χ0v) is 10.4. The summed E-state index contributed by atoms with van der Waals surface area (Å²) in [5, 5.41) is 4.50. The molecule has 0 aliphatic rings. The summed E-state index contributed by atoms with van der Waals surface area (Å²) in [4.78, 5) is 11.4. The van der Waals surface area contributed by atoms with E-state index in [4.69, 9.17) is 0 Å². The lowest BCUT2D eigenvalue weighted by Crippen LogP contribution is -2.42. The van der Waals surface area contributed by atoms with Crippen molar-refractivity contribution in [1.82, 2.24) is 5.32 Å². The third-order valence-electron chi connectivity index (χ3n) is 2.42. The lowest BCUT2D eigenvalue weighted by atomic mass is 10.1. The van der Waals surface area contributed by atoms with Gasteiger partial charge in [0.15, 0.2) is 0 Å². The molecule has 0 aliphatic carbocycles. The first-order valence-corrected chi connectivity index (χ1v) is 5.56. The molecule has 1 rings (SSSR count). The largest absolute Gasteiger partial charge is 0.405 e. The Morgan fingerprint density at radius 2 is 2.00 bits per heavy atom. The van der Waals surface area contributed by atoms with Gasteiger partial charge in [0, 0.05) is 5.69 Å². The zero-order chi connectivity index (χ0) is 14.6. The van der Waals surface area contributed by atoms with Crippen molar-refractivity contribution >= 4 is 11.6 Å². The van der Waals surface area contributed by atoms with Gasteiger partial charge in [-0.15, -0.1) is 0 Å². The number of amides is 1. The summed E-state index contributed by atoms with van der Waals surface area (Å²) in [6.07, 6.45) is -4.44. The summed E-state index contributed by atoms with van der Waals surface area (Å²) >= 11 is 0. The van der Waals surface area contributed by atoms with Crippen molar-refractivity contribution in [3.8, 4) is 0 Å². The molecule has 3 nitrogen and oxygen atoms in total. The monoisotopic (exact) mass is 278 g/mol. The smallest absolute Gasteiger partial charge is 0.374 e. The van der Waals surface area contributed by atoms with Crippen LogP contribution in [0.4, 0.5) is 23.2 Å². The highest BCUT2D eigenvalue weighted by Gasteiger charge is 2.28. The molecule has 1 aromatic carbocycles. The fraction of sp³-hybridized carbons (Fsp3) is 0.417. The van der Waals surface area contributed by atoms with Gasteiger partial charge in [0.25, 0.3) is 0 Å². The van der Waals surface area contributed by atoms with Gasteiger partial charge in [0.05, 0.1) is 0 Å². The summed E-state index contributed by atoms with van der Waals surface area (Å²) < 4.78 is 48.7. The number of halogens is 4. The molecule has 1 unspecified atom stereocenters. The van der Waals surface area contributed by atoms with E-state index < -0.39 is 30.5 Å². The van der Waals surface area contributed by atoms with E-state index in [-0.39, 0.29) is 0 Å². The Labute approximate surface area is 108 Å². The van der Waals surface area contributed by atoms with Crippen LogP contribution in [-0.4, -0.2) is 24.7 Å². The van der Waals surface area contributed by atoms with Crippen LogP contribution in [0, 0.1) is 12.7 Å². The fourth-order valence-electron chi connectivity index (χ4n) is 1.43. The van der Waals surface area contributed by atoms with Gasteiger partial charge in [0.1, 0.15) is 18.4 Å². The van der Waals surface area contributed by atoms with E-state index in [0.717, 1.165) is 0 Å². The van der Waals surface area contributed by atoms with Crippen molar-refractivity contribution in [2.45, 2.75) is 26.1 Å². The number of carbonyl (C=O) groups excluding carboxylic acids is 1. The van der Waals surface area contributed by atoms with Gasteiger partial charge >= 0.3 is 6.18 Å². The highest BCUT2D eigenvalue weighted by molar-refractivity contribution is 5.84. The minimum Gasteiger partial charge on any atom is -0.374 e. The van der Waals surface area contributed by atoms with E-state index in [1.807, 2.05) is 0 Å². The van der Waals surface area contributed by atoms with Crippen molar-refractivity contribution in [1.29, 1.82) is 0 Å². The van der Waals surface area contributed by atoms with E-state index in [9.17, 15) is 22.4 Å². The molecule has 0 saturated carbocycles.